The normalized spacial score (nSPS) is 11.8. The molecule has 116 valence electrons. The molecule has 0 radical (unpaired) electrons. The maximum Gasteiger partial charge on any atom is 0.326 e. The molecule has 0 aliphatic carbocycles. The van der Waals surface area contributed by atoms with E-state index in [0.29, 0.717) is 15.8 Å². The number of hydrogen-bond donors (Lipinski definition) is 3. The number of nitrogens with one attached hydrogen (secondary N) is 1. The molecule has 0 heterocycles. The predicted octanol–water partition coefficient (Wildman–Crippen LogP) is 1.71. The van der Waals surface area contributed by atoms with Crippen molar-refractivity contribution in [3.63, 3.8) is 0 Å². The van der Waals surface area contributed by atoms with E-state index >= 15 is 0 Å². The van der Waals surface area contributed by atoms with E-state index in [2.05, 4.69) is 5.32 Å². The van der Waals surface area contributed by atoms with E-state index < -0.39 is 17.9 Å². The lowest BCUT2D eigenvalue weighted by atomic mass is 10.2. The quantitative estimate of drug-likeness (QED) is 0.672. The number of aliphatic carboxylic acids is 1. The zero-order chi connectivity index (χ0) is 15.8. The molecule has 21 heavy (non-hydrogen) atoms. The van der Waals surface area contributed by atoms with E-state index in [4.69, 9.17) is 38.2 Å². The molecule has 0 fully saturated rings. The van der Waals surface area contributed by atoms with Gasteiger partial charge in [0.15, 0.2) is 0 Å². The molecule has 6 nitrogen and oxygen atoms in total. The summed E-state index contributed by atoms with van der Waals surface area (Å²) in [4.78, 5) is 22.4. The van der Waals surface area contributed by atoms with Crippen LogP contribution in [0.15, 0.2) is 18.2 Å². The van der Waals surface area contributed by atoms with E-state index in [0.717, 1.165) is 0 Å². The third-order valence-electron chi connectivity index (χ3n) is 2.54. The molecule has 1 amide bonds. The largest absolute Gasteiger partial charge is 0.493 e. The summed E-state index contributed by atoms with van der Waals surface area (Å²) in [5.41, 5.74) is 0. The fourth-order valence-corrected chi connectivity index (χ4v) is 1.77. The highest BCUT2D eigenvalue weighted by Gasteiger charge is 2.18. The van der Waals surface area contributed by atoms with Gasteiger partial charge < -0.3 is 20.3 Å². The van der Waals surface area contributed by atoms with Crippen molar-refractivity contribution in [2.45, 2.75) is 18.9 Å². The number of hydrogen-bond acceptors (Lipinski definition) is 4. The van der Waals surface area contributed by atoms with Crippen molar-refractivity contribution in [1.82, 2.24) is 5.32 Å². The Morgan fingerprint density at radius 3 is 2.57 bits per heavy atom. The Hall–Kier alpha value is -1.50. The summed E-state index contributed by atoms with van der Waals surface area (Å²) >= 11 is 11.6. The molecule has 0 saturated heterocycles. The molecule has 1 rings (SSSR count). The third-order valence-corrected chi connectivity index (χ3v) is 3.28. The summed E-state index contributed by atoms with van der Waals surface area (Å²) in [6.45, 7) is -0.258. The van der Waals surface area contributed by atoms with Crippen LogP contribution >= 0.6 is 23.2 Å². The van der Waals surface area contributed by atoms with Crippen LogP contribution in [0.25, 0.3) is 0 Å². The van der Waals surface area contributed by atoms with Gasteiger partial charge in [-0.05, 0) is 12.1 Å². The maximum atomic E-state index is 11.6. The van der Waals surface area contributed by atoms with Gasteiger partial charge in [-0.2, -0.15) is 0 Å². The minimum absolute atomic E-state index is 0.0184. The molecule has 0 aromatic heterocycles. The number of ether oxygens (including phenoxy) is 1. The number of rotatable bonds is 8. The van der Waals surface area contributed by atoms with Gasteiger partial charge in [-0.3, -0.25) is 4.79 Å². The van der Waals surface area contributed by atoms with Crippen molar-refractivity contribution in [3.05, 3.63) is 28.2 Å². The Morgan fingerprint density at radius 2 is 2.00 bits per heavy atom. The number of amides is 1. The Kier molecular flexibility index (Phi) is 7.28. The van der Waals surface area contributed by atoms with Crippen molar-refractivity contribution >= 4 is 35.1 Å². The van der Waals surface area contributed by atoms with Crippen molar-refractivity contribution in [1.29, 1.82) is 0 Å². The summed E-state index contributed by atoms with van der Waals surface area (Å²) < 4.78 is 5.31. The van der Waals surface area contributed by atoms with Crippen LogP contribution in [0.2, 0.25) is 10.0 Å². The number of carboxylic acid groups (broad SMARTS) is 1. The monoisotopic (exact) mass is 335 g/mol. The zero-order valence-electron chi connectivity index (χ0n) is 11.0. The molecule has 0 bridgehead atoms. The molecule has 0 aliphatic rings. The van der Waals surface area contributed by atoms with Crippen LogP contribution in [-0.2, 0) is 9.59 Å². The first-order chi connectivity index (χ1) is 9.93. The number of carbonyl (C=O) groups excluding carboxylic acids is 1. The van der Waals surface area contributed by atoms with E-state index in [9.17, 15) is 9.59 Å². The summed E-state index contributed by atoms with van der Waals surface area (Å²) in [7, 11) is 0. The number of halogens is 2. The van der Waals surface area contributed by atoms with Crippen molar-refractivity contribution in [2.75, 3.05) is 13.2 Å². The fourth-order valence-electron chi connectivity index (χ4n) is 1.48. The van der Waals surface area contributed by atoms with Gasteiger partial charge in [0.2, 0.25) is 5.91 Å². The Labute approximate surface area is 131 Å². The molecule has 1 aromatic carbocycles. The molecule has 0 spiro atoms. The average molecular weight is 336 g/mol. The van der Waals surface area contributed by atoms with E-state index in [1.54, 1.807) is 12.1 Å². The van der Waals surface area contributed by atoms with Crippen LogP contribution in [0.3, 0.4) is 0 Å². The lowest BCUT2D eigenvalue weighted by Crippen LogP contribution is -2.41. The van der Waals surface area contributed by atoms with Crippen LogP contribution < -0.4 is 10.1 Å². The van der Waals surface area contributed by atoms with Crippen molar-refractivity contribution in [2.24, 2.45) is 0 Å². The fraction of sp³-hybridized carbons (Fsp3) is 0.385. The van der Waals surface area contributed by atoms with Crippen LogP contribution in [0, 0.1) is 0 Å². The number of aliphatic hydroxyl groups is 1. The maximum absolute atomic E-state index is 11.6. The molecule has 1 atom stereocenters. The average Bonchev–Trinajstić information content (AvgIpc) is 2.42. The van der Waals surface area contributed by atoms with Crippen LogP contribution in [-0.4, -0.2) is 41.3 Å². The number of carbonyl (C=O) groups is 2. The molecule has 1 aromatic rings. The summed E-state index contributed by atoms with van der Waals surface area (Å²) in [5.74, 6) is -1.21. The second-order valence-corrected chi connectivity index (χ2v) is 4.96. The molecule has 0 aliphatic heterocycles. The highest BCUT2D eigenvalue weighted by Crippen LogP contribution is 2.26. The molecule has 0 unspecified atom stereocenters. The lowest BCUT2D eigenvalue weighted by molar-refractivity contribution is -0.142. The second-order valence-electron chi connectivity index (χ2n) is 4.14. The lowest BCUT2D eigenvalue weighted by Gasteiger charge is -2.13. The SMILES string of the molecule is O=C(CCOc1ccc(Cl)c(Cl)c1)N[C@@H](CCO)C(=O)O. The topological polar surface area (TPSA) is 95.9 Å². The van der Waals surface area contributed by atoms with Gasteiger partial charge in [-0.1, -0.05) is 23.2 Å². The second kappa shape index (κ2) is 8.71. The highest BCUT2D eigenvalue weighted by atomic mass is 35.5. The van der Waals surface area contributed by atoms with Gasteiger partial charge >= 0.3 is 5.97 Å². The Morgan fingerprint density at radius 1 is 1.29 bits per heavy atom. The van der Waals surface area contributed by atoms with Crippen LogP contribution in [0.5, 0.6) is 5.75 Å². The van der Waals surface area contributed by atoms with Gasteiger partial charge in [0.1, 0.15) is 11.8 Å². The van der Waals surface area contributed by atoms with Crippen molar-refractivity contribution in [3.8, 4) is 5.75 Å². The highest BCUT2D eigenvalue weighted by molar-refractivity contribution is 6.42. The first-order valence-electron chi connectivity index (χ1n) is 6.15. The van der Waals surface area contributed by atoms with Gasteiger partial charge in [-0.15, -0.1) is 0 Å². The minimum Gasteiger partial charge on any atom is -0.493 e. The summed E-state index contributed by atoms with van der Waals surface area (Å²) in [6.07, 6.45) is -0.0653. The number of aliphatic hydroxyl groups excluding tert-OH is 1. The molecular weight excluding hydrogens is 321 g/mol. The van der Waals surface area contributed by atoms with Crippen molar-refractivity contribution < 1.29 is 24.5 Å². The van der Waals surface area contributed by atoms with E-state index in [1.807, 2.05) is 0 Å². The van der Waals surface area contributed by atoms with E-state index in [-0.39, 0.29) is 26.1 Å². The Bertz CT molecular complexity index is 509. The first kappa shape index (κ1) is 17.6. The number of carboxylic acids is 1. The molecule has 8 heteroatoms. The number of benzene rings is 1. The Balaban J connectivity index is 2.39. The van der Waals surface area contributed by atoms with Crippen LogP contribution in [0.4, 0.5) is 0 Å². The zero-order valence-corrected chi connectivity index (χ0v) is 12.5. The minimum atomic E-state index is -1.19. The third kappa shape index (κ3) is 6.20. The van der Waals surface area contributed by atoms with Gasteiger partial charge in [0, 0.05) is 19.1 Å². The van der Waals surface area contributed by atoms with Crippen LogP contribution in [0.1, 0.15) is 12.8 Å². The predicted molar refractivity (Wildman–Crippen MR) is 77.8 cm³/mol. The molecule has 0 saturated carbocycles. The first-order valence-corrected chi connectivity index (χ1v) is 6.90. The summed E-state index contributed by atoms with van der Waals surface area (Å²) in [5, 5.41) is 20.6. The van der Waals surface area contributed by atoms with Gasteiger partial charge in [0.25, 0.3) is 0 Å². The van der Waals surface area contributed by atoms with Gasteiger partial charge in [0.05, 0.1) is 23.1 Å². The standard InChI is InChI=1S/C13H15Cl2NO5/c14-9-2-1-8(7-10(9)15)21-6-4-12(18)16-11(3-5-17)13(19)20/h1-2,7,11,17H,3-6H2,(H,16,18)(H,19,20)/t11-/m0/s1. The van der Waals surface area contributed by atoms with Gasteiger partial charge in [-0.25, -0.2) is 4.79 Å². The molecular formula is C13H15Cl2NO5. The van der Waals surface area contributed by atoms with E-state index in [1.165, 1.54) is 6.07 Å². The molecule has 3 N–H and O–H groups in total. The smallest absolute Gasteiger partial charge is 0.326 e. The summed E-state index contributed by atoms with van der Waals surface area (Å²) in [6, 6.07) is 3.60.